The Hall–Kier alpha value is -3.47. The second-order valence-corrected chi connectivity index (χ2v) is 8.03. The van der Waals surface area contributed by atoms with Gasteiger partial charge in [0, 0.05) is 12.0 Å². The quantitative estimate of drug-likeness (QED) is 0.202. The number of rotatable bonds is 10. The molecule has 0 aromatic heterocycles. The van der Waals surface area contributed by atoms with Crippen molar-refractivity contribution in [2.75, 3.05) is 7.11 Å². The zero-order chi connectivity index (χ0) is 23.6. The predicted octanol–water partition coefficient (Wildman–Crippen LogP) is 6.48. The van der Waals surface area contributed by atoms with Crippen molar-refractivity contribution in [1.82, 2.24) is 0 Å². The summed E-state index contributed by atoms with van der Waals surface area (Å²) in [6, 6.07) is 21.8. The van der Waals surface area contributed by atoms with Crippen molar-refractivity contribution in [3.05, 3.63) is 89.7 Å². The molecular formula is C28H29FO4. The summed E-state index contributed by atoms with van der Waals surface area (Å²) in [7, 11) is 1.31. The molecule has 0 spiro atoms. The van der Waals surface area contributed by atoms with Gasteiger partial charge >= 0.3 is 11.9 Å². The number of hydrogen-bond donors (Lipinski definition) is 0. The fourth-order valence-corrected chi connectivity index (χ4v) is 3.68. The second kappa shape index (κ2) is 12.0. The molecule has 4 nitrogen and oxygen atoms in total. The van der Waals surface area contributed by atoms with Crippen molar-refractivity contribution in [2.45, 2.75) is 44.9 Å². The third kappa shape index (κ3) is 7.01. The summed E-state index contributed by atoms with van der Waals surface area (Å²) in [6.45, 7) is 1.67. The predicted molar refractivity (Wildman–Crippen MR) is 127 cm³/mol. The standard InChI is InChI=1S/C28H29FO4/c1-20(28(31)32-2)22-16-17-25(26(29)19-22)23-13-9-14-24(18-23)33-27(30)15-8-4-7-12-21-10-5-3-6-11-21/h3,5-6,9-11,13-14,16-20H,4,7-8,12,15H2,1-2H3. The molecular weight excluding hydrogens is 419 g/mol. The van der Waals surface area contributed by atoms with Crippen LogP contribution in [0.3, 0.4) is 0 Å². The third-order valence-electron chi connectivity index (χ3n) is 5.61. The molecule has 0 saturated carbocycles. The van der Waals surface area contributed by atoms with Crippen LogP contribution in [0.2, 0.25) is 0 Å². The lowest BCUT2D eigenvalue weighted by Gasteiger charge is -2.12. The average molecular weight is 449 g/mol. The van der Waals surface area contributed by atoms with Gasteiger partial charge in [0.2, 0.25) is 0 Å². The summed E-state index contributed by atoms with van der Waals surface area (Å²) in [4.78, 5) is 23.9. The van der Waals surface area contributed by atoms with E-state index in [0.717, 1.165) is 25.7 Å². The van der Waals surface area contributed by atoms with Crippen LogP contribution in [-0.4, -0.2) is 19.0 Å². The highest BCUT2D eigenvalue weighted by atomic mass is 19.1. The molecule has 0 saturated heterocycles. The van der Waals surface area contributed by atoms with Gasteiger partial charge in [-0.2, -0.15) is 0 Å². The average Bonchev–Trinajstić information content (AvgIpc) is 2.83. The Kier molecular flexibility index (Phi) is 8.76. The molecule has 0 amide bonds. The summed E-state index contributed by atoms with van der Waals surface area (Å²) in [5, 5.41) is 0. The van der Waals surface area contributed by atoms with Crippen molar-refractivity contribution < 1.29 is 23.5 Å². The lowest BCUT2D eigenvalue weighted by atomic mass is 9.97. The van der Waals surface area contributed by atoms with Gasteiger partial charge in [-0.15, -0.1) is 0 Å². The van der Waals surface area contributed by atoms with Gasteiger partial charge in [0.1, 0.15) is 11.6 Å². The van der Waals surface area contributed by atoms with Gasteiger partial charge in [-0.05, 0) is 61.1 Å². The van der Waals surface area contributed by atoms with Crippen LogP contribution in [0.1, 0.15) is 49.7 Å². The SMILES string of the molecule is COC(=O)C(C)c1ccc(-c2cccc(OC(=O)CCCCCc3ccccc3)c2)c(F)c1. The summed E-state index contributed by atoms with van der Waals surface area (Å²) < 4.78 is 25.0. The van der Waals surface area contributed by atoms with E-state index in [1.165, 1.54) is 18.7 Å². The van der Waals surface area contributed by atoms with Gasteiger partial charge in [-0.25, -0.2) is 4.39 Å². The van der Waals surface area contributed by atoms with Crippen LogP contribution in [-0.2, 0) is 20.7 Å². The van der Waals surface area contributed by atoms with E-state index in [1.54, 1.807) is 43.3 Å². The number of aryl methyl sites for hydroxylation is 1. The molecule has 0 aliphatic heterocycles. The van der Waals surface area contributed by atoms with Crippen LogP contribution in [0.4, 0.5) is 4.39 Å². The number of unbranched alkanes of at least 4 members (excludes halogenated alkanes) is 2. The van der Waals surface area contributed by atoms with Gasteiger partial charge in [-0.1, -0.05) is 61.0 Å². The topological polar surface area (TPSA) is 52.6 Å². The number of esters is 2. The highest BCUT2D eigenvalue weighted by molar-refractivity contribution is 5.78. The Morgan fingerprint density at radius 3 is 2.42 bits per heavy atom. The first-order chi connectivity index (χ1) is 16.0. The first kappa shape index (κ1) is 24.2. The summed E-state index contributed by atoms with van der Waals surface area (Å²) in [5.74, 6) is -1.34. The number of methoxy groups -OCH3 is 1. The molecule has 1 unspecified atom stereocenters. The first-order valence-corrected chi connectivity index (χ1v) is 11.2. The molecule has 0 N–H and O–H groups in total. The molecule has 172 valence electrons. The number of carbonyl (C=O) groups excluding carboxylic acids is 2. The number of benzene rings is 3. The Morgan fingerprint density at radius 1 is 0.909 bits per heavy atom. The molecule has 0 heterocycles. The van der Waals surface area contributed by atoms with E-state index in [9.17, 15) is 14.0 Å². The van der Waals surface area contributed by atoms with Crippen molar-refractivity contribution in [3.63, 3.8) is 0 Å². The molecule has 3 aromatic carbocycles. The van der Waals surface area contributed by atoms with Crippen LogP contribution in [0.25, 0.3) is 11.1 Å². The normalized spacial score (nSPS) is 11.6. The maximum atomic E-state index is 14.8. The van der Waals surface area contributed by atoms with Crippen molar-refractivity contribution in [2.24, 2.45) is 0 Å². The fourth-order valence-electron chi connectivity index (χ4n) is 3.68. The number of halogens is 1. The van der Waals surface area contributed by atoms with Crippen molar-refractivity contribution in [3.8, 4) is 16.9 Å². The van der Waals surface area contributed by atoms with Crippen LogP contribution < -0.4 is 4.74 Å². The Labute approximate surface area is 194 Å². The van der Waals surface area contributed by atoms with Gasteiger partial charge in [0.05, 0.1) is 13.0 Å². The fraction of sp³-hybridized carbons (Fsp3) is 0.286. The third-order valence-corrected chi connectivity index (χ3v) is 5.61. The molecule has 3 aromatic rings. The van der Waals surface area contributed by atoms with Crippen molar-refractivity contribution >= 4 is 11.9 Å². The van der Waals surface area contributed by atoms with E-state index in [1.807, 2.05) is 18.2 Å². The minimum atomic E-state index is -0.557. The maximum absolute atomic E-state index is 14.8. The number of ether oxygens (including phenoxy) is 2. The summed E-state index contributed by atoms with van der Waals surface area (Å²) in [5.41, 5.74) is 2.81. The van der Waals surface area contributed by atoms with E-state index in [-0.39, 0.29) is 5.97 Å². The van der Waals surface area contributed by atoms with E-state index >= 15 is 0 Å². The molecule has 0 aliphatic carbocycles. The highest BCUT2D eigenvalue weighted by Crippen LogP contribution is 2.29. The Balaban J connectivity index is 1.54. The smallest absolute Gasteiger partial charge is 0.312 e. The zero-order valence-corrected chi connectivity index (χ0v) is 19.1. The van der Waals surface area contributed by atoms with E-state index < -0.39 is 17.7 Å². The van der Waals surface area contributed by atoms with Gasteiger partial charge < -0.3 is 9.47 Å². The maximum Gasteiger partial charge on any atom is 0.312 e. The molecule has 5 heteroatoms. The molecule has 1 atom stereocenters. The van der Waals surface area contributed by atoms with Crippen LogP contribution >= 0.6 is 0 Å². The van der Waals surface area contributed by atoms with Gasteiger partial charge in [0.15, 0.2) is 0 Å². The Morgan fingerprint density at radius 2 is 1.70 bits per heavy atom. The van der Waals surface area contributed by atoms with E-state index in [4.69, 9.17) is 9.47 Å². The molecule has 33 heavy (non-hydrogen) atoms. The Bertz CT molecular complexity index is 1080. The monoisotopic (exact) mass is 448 g/mol. The van der Waals surface area contributed by atoms with Gasteiger partial charge in [0.25, 0.3) is 0 Å². The lowest BCUT2D eigenvalue weighted by molar-refractivity contribution is -0.142. The molecule has 0 aliphatic rings. The molecule has 0 radical (unpaired) electrons. The zero-order valence-electron chi connectivity index (χ0n) is 19.1. The number of hydrogen-bond acceptors (Lipinski definition) is 4. The van der Waals surface area contributed by atoms with Gasteiger partial charge in [-0.3, -0.25) is 9.59 Å². The highest BCUT2D eigenvalue weighted by Gasteiger charge is 2.18. The second-order valence-electron chi connectivity index (χ2n) is 8.03. The van der Waals surface area contributed by atoms with E-state index in [0.29, 0.717) is 28.9 Å². The van der Waals surface area contributed by atoms with Crippen LogP contribution in [0, 0.1) is 5.82 Å². The summed E-state index contributed by atoms with van der Waals surface area (Å²) in [6.07, 6.45) is 4.08. The minimum absolute atomic E-state index is 0.297. The molecule has 0 fully saturated rings. The largest absolute Gasteiger partial charge is 0.469 e. The lowest BCUT2D eigenvalue weighted by Crippen LogP contribution is -2.11. The number of carbonyl (C=O) groups is 2. The van der Waals surface area contributed by atoms with Crippen molar-refractivity contribution in [1.29, 1.82) is 0 Å². The molecule has 3 rings (SSSR count). The summed E-state index contributed by atoms with van der Waals surface area (Å²) >= 11 is 0. The van der Waals surface area contributed by atoms with E-state index in [2.05, 4.69) is 12.1 Å². The van der Waals surface area contributed by atoms with Crippen LogP contribution in [0.15, 0.2) is 72.8 Å². The van der Waals surface area contributed by atoms with Crippen LogP contribution in [0.5, 0.6) is 5.75 Å². The minimum Gasteiger partial charge on any atom is -0.469 e. The first-order valence-electron chi connectivity index (χ1n) is 11.2. The molecule has 0 bridgehead atoms.